The van der Waals surface area contributed by atoms with Crippen molar-refractivity contribution in [3.05, 3.63) is 60.7 Å². The summed E-state index contributed by atoms with van der Waals surface area (Å²) in [6.07, 6.45) is 3.47. The summed E-state index contributed by atoms with van der Waals surface area (Å²) in [6, 6.07) is 15.7. The van der Waals surface area contributed by atoms with Crippen LogP contribution in [-0.4, -0.2) is 45.5 Å². The van der Waals surface area contributed by atoms with Crippen molar-refractivity contribution in [1.29, 1.82) is 0 Å². The van der Waals surface area contributed by atoms with Crippen molar-refractivity contribution < 1.29 is 4.74 Å². The first-order valence-corrected chi connectivity index (χ1v) is 8.46. The highest BCUT2D eigenvalue weighted by molar-refractivity contribution is 5.83. The molecule has 0 saturated carbocycles. The number of rotatable bonds is 4. The van der Waals surface area contributed by atoms with Gasteiger partial charge >= 0.3 is 0 Å². The molecule has 124 valence electrons. The summed E-state index contributed by atoms with van der Waals surface area (Å²) in [5.74, 6) is 0. The Balaban J connectivity index is 1.48. The van der Waals surface area contributed by atoms with Crippen molar-refractivity contribution in [1.82, 2.24) is 19.7 Å². The summed E-state index contributed by atoms with van der Waals surface area (Å²) in [6.45, 7) is 5.66. The zero-order valence-corrected chi connectivity index (χ0v) is 13.9. The molecule has 3 aromatic rings. The predicted molar refractivity (Wildman–Crippen MR) is 93.7 cm³/mol. The molecule has 2 aromatic carbocycles. The molecule has 24 heavy (non-hydrogen) atoms. The van der Waals surface area contributed by atoms with Crippen molar-refractivity contribution in [2.24, 2.45) is 0 Å². The van der Waals surface area contributed by atoms with Gasteiger partial charge in [-0.25, -0.2) is 4.98 Å². The van der Waals surface area contributed by atoms with Crippen LogP contribution >= 0.6 is 0 Å². The van der Waals surface area contributed by atoms with Crippen LogP contribution in [0.5, 0.6) is 0 Å². The number of hydrogen-bond acceptors (Lipinski definition) is 4. The highest BCUT2D eigenvalue weighted by atomic mass is 16.5. The molecule has 0 unspecified atom stereocenters. The second kappa shape index (κ2) is 6.71. The molecule has 5 nitrogen and oxygen atoms in total. The highest BCUT2D eigenvalue weighted by Gasteiger charge is 2.25. The Bertz CT molecular complexity index is 802. The number of nitrogens with zero attached hydrogens (tertiary/aromatic N) is 4. The van der Waals surface area contributed by atoms with Crippen LogP contribution in [-0.2, 0) is 11.3 Å². The monoisotopic (exact) mass is 322 g/mol. The van der Waals surface area contributed by atoms with Crippen molar-refractivity contribution >= 4 is 10.8 Å². The summed E-state index contributed by atoms with van der Waals surface area (Å²) in [5, 5.41) is 6.77. The molecule has 1 aliphatic rings. The molecule has 1 aliphatic heterocycles. The van der Waals surface area contributed by atoms with E-state index in [1.165, 1.54) is 16.3 Å². The normalized spacial score (nSPS) is 20.3. The van der Waals surface area contributed by atoms with Gasteiger partial charge in [-0.15, -0.1) is 0 Å². The maximum absolute atomic E-state index is 5.91. The highest BCUT2D eigenvalue weighted by Crippen LogP contribution is 2.26. The minimum Gasteiger partial charge on any atom is -0.374 e. The third-order valence-electron chi connectivity index (χ3n) is 4.83. The number of benzene rings is 2. The Kier molecular flexibility index (Phi) is 4.28. The van der Waals surface area contributed by atoms with E-state index in [1.54, 1.807) is 12.7 Å². The molecule has 5 heteroatoms. The van der Waals surface area contributed by atoms with Crippen LogP contribution in [0, 0.1) is 0 Å². The van der Waals surface area contributed by atoms with Gasteiger partial charge < -0.3 is 4.74 Å². The Hall–Kier alpha value is -2.24. The molecule has 0 radical (unpaired) electrons. The number of hydrogen-bond donors (Lipinski definition) is 0. The molecule has 2 atom stereocenters. The standard InChI is InChI=1S/C19H22N4O/c1-15(17-7-6-16-4-2-3-5-18(16)10-17)22-8-9-24-19(11-22)12-23-14-20-13-21-23/h2-7,10,13-15,19H,8-9,11-12H2,1H3/t15-,19+/m0/s1. The van der Waals surface area contributed by atoms with Crippen molar-refractivity contribution in [3.63, 3.8) is 0 Å². The number of aromatic nitrogens is 3. The average Bonchev–Trinajstić information content (AvgIpc) is 3.14. The summed E-state index contributed by atoms with van der Waals surface area (Å²) < 4.78 is 7.75. The van der Waals surface area contributed by atoms with Gasteiger partial charge in [0.1, 0.15) is 12.7 Å². The average molecular weight is 322 g/mol. The number of morpholine rings is 1. The molecule has 1 fully saturated rings. The van der Waals surface area contributed by atoms with Crippen molar-refractivity contribution in [2.75, 3.05) is 19.7 Å². The van der Waals surface area contributed by atoms with Gasteiger partial charge in [-0.2, -0.15) is 5.10 Å². The molecule has 0 bridgehead atoms. The van der Waals surface area contributed by atoms with E-state index >= 15 is 0 Å². The van der Waals surface area contributed by atoms with Crippen LogP contribution in [0.2, 0.25) is 0 Å². The summed E-state index contributed by atoms with van der Waals surface area (Å²) >= 11 is 0. The molecule has 2 heterocycles. The van der Waals surface area contributed by atoms with E-state index in [1.807, 2.05) is 4.68 Å². The fourth-order valence-electron chi connectivity index (χ4n) is 3.42. The molecule has 0 amide bonds. The molecule has 0 spiro atoms. The molecule has 1 aromatic heterocycles. The summed E-state index contributed by atoms with van der Waals surface area (Å²) in [5.41, 5.74) is 1.36. The Morgan fingerprint density at radius 3 is 2.92 bits per heavy atom. The van der Waals surface area contributed by atoms with E-state index in [2.05, 4.69) is 64.4 Å². The van der Waals surface area contributed by atoms with E-state index < -0.39 is 0 Å². The molecular formula is C19H22N4O. The SMILES string of the molecule is C[C@@H](c1ccc2ccccc2c1)N1CCO[C@@H](Cn2cncn2)C1. The molecule has 0 N–H and O–H groups in total. The lowest BCUT2D eigenvalue weighted by Crippen LogP contribution is -2.45. The lowest BCUT2D eigenvalue weighted by molar-refractivity contribution is -0.0497. The molecule has 0 aliphatic carbocycles. The van der Waals surface area contributed by atoms with E-state index in [9.17, 15) is 0 Å². The first-order chi connectivity index (χ1) is 11.8. The first-order valence-electron chi connectivity index (χ1n) is 8.46. The lowest BCUT2D eigenvalue weighted by atomic mass is 10.0. The van der Waals surface area contributed by atoms with Gasteiger partial charge in [0.25, 0.3) is 0 Å². The topological polar surface area (TPSA) is 43.2 Å². The zero-order valence-electron chi connectivity index (χ0n) is 13.9. The smallest absolute Gasteiger partial charge is 0.137 e. The van der Waals surface area contributed by atoms with Crippen LogP contribution in [0.25, 0.3) is 10.8 Å². The quantitative estimate of drug-likeness (QED) is 0.741. The maximum atomic E-state index is 5.91. The Morgan fingerprint density at radius 2 is 2.08 bits per heavy atom. The minimum absolute atomic E-state index is 0.156. The van der Waals surface area contributed by atoms with Crippen LogP contribution in [0.15, 0.2) is 55.1 Å². The third kappa shape index (κ3) is 3.18. The third-order valence-corrected chi connectivity index (χ3v) is 4.83. The van der Waals surface area contributed by atoms with E-state index in [-0.39, 0.29) is 6.10 Å². The molecule has 4 rings (SSSR count). The molecular weight excluding hydrogens is 300 g/mol. The van der Waals surface area contributed by atoms with Crippen molar-refractivity contribution in [2.45, 2.75) is 25.6 Å². The number of fused-ring (bicyclic) bond motifs is 1. The molecule has 1 saturated heterocycles. The fraction of sp³-hybridized carbons (Fsp3) is 0.368. The van der Waals surface area contributed by atoms with Gasteiger partial charge in [0, 0.05) is 19.1 Å². The van der Waals surface area contributed by atoms with Crippen LogP contribution in [0.1, 0.15) is 18.5 Å². The van der Waals surface area contributed by atoms with Crippen LogP contribution in [0.3, 0.4) is 0 Å². The minimum atomic E-state index is 0.156. The Morgan fingerprint density at radius 1 is 1.21 bits per heavy atom. The van der Waals surface area contributed by atoms with Gasteiger partial charge in [0.05, 0.1) is 19.3 Å². The predicted octanol–water partition coefficient (Wildman–Crippen LogP) is 2.89. The van der Waals surface area contributed by atoms with Gasteiger partial charge in [-0.3, -0.25) is 9.58 Å². The summed E-state index contributed by atoms with van der Waals surface area (Å²) in [7, 11) is 0. The van der Waals surface area contributed by atoms with Crippen molar-refractivity contribution in [3.8, 4) is 0 Å². The van der Waals surface area contributed by atoms with Gasteiger partial charge in [-0.1, -0.05) is 36.4 Å². The van der Waals surface area contributed by atoms with Crippen LogP contribution < -0.4 is 0 Å². The first kappa shape index (κ1) is 15.3. The zero-order chi connectivity index (χ0) is 16.4. The summed E-state index contributed by atoms with van der Waals surface area (Å²) in [4.78, 5) is 6.50. The lowest BCUT2D eigenvalue weighted by Gasteiger charge is -2.37. The van der Waals surface area contributed by atoms with Gasteiger partial charge in [-0.05, 0) is 29.3 Å². The van der Waals surface area contributed by atoms with Crippen LogP contribution in [0.4, 0.5) is 0 Å². The number of ether oxygens (including phenoxy) is 1. The second-order valence-electron chi connectivity index (χ2n) is 6.39. The largest absolute Gasteiger partial charge is 0.374 e. The van der Waals surface area contributed by atoms with E-state index in [0.717, 1.165) is 26.2 Å². The second-order valence-corrected chi connectivity index (χ2v) is 6.39. The van der Waals surface area contributed by atoms with E-state index in [4.69, 9.17) is 4.74 Å². The Labute approximate surface area is 141 Å². The van der Waals surface area contributed by atoms with Gasteiger partial charge in [0.15, 0.2) is 0 Å². The van der Waals surface area contributed by atoms with E-state index in [0.29, 0.717) is 6.04 Å². The fourth-order valence-corrected chi connectivity index (χ4v) is 3.42. The maximum Gasteiger partial charge on any atom is 0.137 e. The van der Waals surface area contributed by atoms with Gasteiger partial charge in [0.2, 0.25) is 0 Å².